The maximum Gasteiger partial charge on any atom is 0.0995 e. The van der Waals surface area contributed by atoms with Crippen LogP contribution < -0.4 is 5.30 Å². The molecule has 2 rings (SSSR count). The van der Waals surface area contributed by atoms with Gasteiger partial charge in [-0.3, -0.25) is 0 Å². The standard InChI is InChI=1S/C14H19N2P/c1-3-4-9-17-14-7-5-13(6-8-14)16-10-12(2)15-11-16/h5-8,10-11,17H,3-4,9H2,1-2H3. The van der Waals surface area contributed by atoms with Crippen LogP contribution in [-0.4, -0.2) is 15.7 Å². The molecule has 1 aromatic carbocycles. The number of nitrogens with zero attached hydrogens (tertiary/aromatic N) is 2. The van der Waals surface area contributed by atoms with Gasteiger partial charge in [0.2, 0.25) is 0 Å². The van der Waals surface area contributed by atoms with E-state index < -0.39 is 0 Å². The Hall–Kier alpha value is -1.14. The molecule has 3 heteroatoms. The molecule has 0 saturated heterocycles. The lowest BCUT2D eigenvalue weighted by atomic mass is 10.3. The minimum Gasteiger partial charge on any atom is -0.306 e. The SMILES string of the molecule is CCCCPc1ccc(-n2cnc(C)c2)cc1. The highest BCUT2D eigenvalue weighted by atomic mass is 31.1. The van der Waals surface area contributed by atoms with Crippen molar-refractivity contribution in [3.05, 3.63) is 42.5 Å². The summed E-state index contributed by atoms with van der Waals surface area (Å²) in [6.07, 6.45) is 7.86. The van der Waals surface area contributed by atoms with Crippen molar-refractivity contribution in [3.8, 4) is 5.69 Å². The molecule has 2 aromatic rings. The second kappa shape index (κ2) is 5.97. The zero-order valence-electron chi connectivity index (χ0n) is 10.5. The summed E-state index contributed by atoms with van der Waals surface area (Å²) in [6, 6.07) is 8.82. The Kier molecular flexibility index (Phi) is 4.33. The van der Waals surface area contributed by atoms with Gasteiger partial charge < -0.3 is 4.57 Å². The molecular weight excluding hydrogens is 227 g/mol. The van der Waals surface area contributed by atoms with Crippen molar-refractivity contribution in [2.45, 2.75) is 26.7 Å². The number of hydrogen-bond acceptors (Lipinski definition) is 1. The van der Waals surface area contributed by atoms with Crippen molar-refractivity contribution in [2.75, 3.05) is 6.16 Å². The Morgan fingerprint density at radius 2 is 2.00 bits per heavy atom. The van der Waals surface area contributed by atoms with E-state index in [9.17, 15) is 0 Å². The first-order valence-corrected chi connectivity index (χ1v) is 7.35. The third-order valence-corrected chi connectivity index (χ3v) is 4.08. The Morgan fingerprint density at radius 1 is 1.24 bits per heavy atom. The van der Waals surface area contributed by atoms with Crippen LogP contribution in [0, 0.1) is 6.92 Å². The van der Waals surface area contributed by atoms with Crippen LogP contribution >= 0.6 is 8.58 Å². The molecule has 90 valence electrons. The van der Waals surface area contributed by atoms with Gasteiger partial charge in [0.25, 0.3) is 0 Å². The van der Waals surface area contributed by atoms with E-state index in [1.165, 1.54) is 30.0 Å². The lowest BCUT2D eigenvalue weighted by Gasteiger charge is -2.04. The molecule has 0 radical (unpaired) electrons. The van der Waals surface area contributed by atoms with Crippen LogP contribution in [0.1, 0.15) is 25.5 Å². The normalized spacial score (nSPS) is 11.4. The molecule has 1 unspecified atom stereocenters. The van der Waals surface area contributed by atoms with Gasteiger partial charge in [-0.05, 0) is 36.9 Å². The van der Waals surface area contributed by atoms with Gasteiger partial charge >= 0.3 is 0 Å². The van der Waals surface area contributed by atoms with Gasteiger partial charge in [-0.25, -0.2) is 4.98 Å². The summed E-state index contributed by atoms with van der Waals surface area (Å²) in [6.45, 7) is 4.26. The average Bonchev–Trinajstić information content (AvgIpc) is 2.77. The van der Waals surface area contributed by atoms with E-state index in [1.54, 1.807) is 0 Å². The molecular formula is C14H19N2P. The second-order valence-electron chi connectivity index (χ2n) is 4.25. The summed E-state index contributed by atoms with van der Waals surface area (Å²) >= 11 is 0. The van der Waals surface area contributed by atoms with Gasteiger partial charge in [0, 0.05) is 11.9 Å². The number of unbranched alkanes of at least 4 members (excludes halogenated alkanes) is 1. The summed E-state index contributed by atoms with van der Waals surface area (Å²) in [7, 11) is 0.946. The first-order valence-electron chi connectivity index (χ1n) is 6.14. The van der Waals surface area contributed by atoms with Crippen molar-refractivity contribution < 1.29 is 0 Å². The number of imidazole rings is 1. The molecule has 0 aliphatic carbocycles. The molecule has 0 aliphatic rings. The summed E-state index contributed by atoms with van der Waals surface area (Å²) in [5.41, 5.74) is 2.24. The van der Waals surface area contributed by atoms with Crippen LogP contribution in [0.3, 0.4) is 0 Å². The van der Waals surface area contributed by atoms with E-state index in [0.29, 0.717) is 0 Å². The third-order valence-electron chi connectivity index (χ3n) is 2.74. The van der Waals surface area contributed by atoms with Crippen molar-refractivity contribution in [2.24, 2.45) is 0 Å². The van der Waals surface area contributed by atoms with Crippen LogP contribution in [0.5, 0.6) is 0 Å². The fraction of sp³-hybridized carbons (Fsp3) is 0.357. The minimum absolute atomic E-state index is 0.946. The van der Waals surface area contributed by atoms with Gasteiger partial charge in [0.1, 0.15) is 0 Å². The highest BCUT2D eigenvalue weighted by molar-refractivity contribution is 7.47. The van der Waals surface area contributed by atoms with E-state index in [4.69, 9.17) is 0 Å². The zero-order valence-corrected chi connectivity index (χ0v) is 11.5. The first kappa shape index (κ1) is 12.3. The van der Waals surface area contributed by atoms with Crippen molar-refractivity contribution >= 4 is 13.9 Å². The molecule has 0 spiro atoms. The van der Waals surface area contributed by atoms with Crippen molar-refractivity contribution in [1.82, 2.24) is 9.55 Å². The summed E-state index contributed by atoms with van der Waals surface area (Å²) in [4.78, 5) is 4.24. The minimum atomic E-state index is 0.946. The van der Waals surface area contributed by atoms with Gasteiger partial charge in [0.15, 0.2) is 0 Å². The maximum atomic E-state index is 4.24. The molecule has 0 amide bonds. The fourth-order valence-electron chi connectivity index (χ4n) is 1.72. The van der Waals surface area contributed by atoms with Crippen molar-refractivity contribution in [3.63, 3.8) is 0 Å². The predicted octanol–water partition coefficient (Wildman–Crippen LogP) is 3.28. The molecule has 0 saturated carbocycles. The molecule has 0 bridgehead atoms. The van der Waals surface area contributed by atoms with Crippen LogP contribution in [0.4, 0.5) is 0 Å². The second-order valence-corrected chi connectivity index (χ2v) is 5.68. The number of benzene rings is 1. The number of aryl methyl sites for hydroxylation is 1. The average molecular weight is 246 g/mol. The number of aromatic nitrogens is 2. The highest BCUT2D eigenvalue weighted by Crippen LogP contribution is 2.14. The Morgan fingerprint density at radius 3 is 2.59 bits per heavy atom. The van der Waals surface area contributed by atoms with Crippen molar-refractivity contribution in [1.29, 1.82) is 0 Å². The molecule has 0 fully saturated rings. The van der Waals surface area contributed by atoms with Gasteiger partial charge in [-0.2, -0.15) is 0 Å². The van der Waals surface area contributed by atoms with E-state index in [2.05, 4.69) is 40.7 Å². The molecule has 0 aliphatic heterocycles. The fourth-order valence-corrected chi connectivity index (χ4v) is 2.94. The Bertz CT molecular complexity index is 459. The van der Waals surface area contributed by atoms with Crippen LogP contribution in [0.15, 0.2) is 36.8 Å². The van der Waals surface area contributed by atoms with E-state index in [1.807, 2.05) is 19.4 Å². The largest absolute Gasteiger partial charge is 0.306 e. The summed E-state index contributed by atoms with van der Waals surface area (Å²) < 4.78 is 2.06. The molecule has 2 nitrogen and oxygen atoms in total. The zero-order chi connectivity index (χ0) is 12.1. The lowest BCUT2D eigenvalue weighted by molar-refractivity contribution is 0.895. The quantitative estimate of drug-likeness (QED) is 0.584. The monoisotopic (exact) mass is 246 g/mol. The van der Waals surface area contributed by atoms with E-state index in [-0.39, 0.29) is 0 Å². The van der Waals surface area contributed by atoms with Gasteiger partial charge in [0.05, 0.1) is 12.0 Å². The smallest absolute Gasteiger partial charge is 0.0995 e. The summed E-state index contributed by atoms with van der Waals surface area (Å²) in [5, 5.41) is 1.46. The van der Waals surface area contributed by atoms with Crippen LogP contribution in [-0.2, 0) is 0 Å². The Labute approximate surface area is 105 Å². The van der Waals surface area contributed by atoms with E-state index >= 15 is 0 Å². The number of rotatable bonds is 5. The molecule has 17 heavy (non-hydrogen) atoms. The predicted molar refractivity (Wildman–Crippen MR) is 76.0 cm³/mol. The van der Waals surface area contributed by atoms with Gasteiger partial charge in [-0.15, -0.1) is 0 Å². The van der Waals surface area contributed by atoms with Gasteiger partial charge in [-0.1, -0.05) is 34.1 Å². The van der Waals surface area contributed by atoms with E-state index in [0.717, 1.165) is 14.3 Å². The molecule has 1 atom stereocenters. The number of hydrogen-bond donors (Lipinski definition) is 0. The third kappa shape index (κ3) is 3.41. The van der Waals surface area contributed by atoms with Crippen LogP contribution in [0.25, 0.3) is 5.69 Å². The lowest BCUT2D eigenvalue weighted by Crippen LogP contribution is -1.97. The first-order chi connectivity index (χ1) is 8.29. The Balaban J connectivity index is 2.02. The maximum absolute atomic E-state index is 4.24. The molecule has 1 aromatic heterocycles. The molecule has 1 heterocycles. The summed E-state index contributed by atoms with van der Waals surface area (Å²) in [5.74, 6) is 0. The topological polar surface area (TPSA) is 17.8 Å². The highest BCUT2D eigenvalue weighted by Gasteiger charge is 1.98. The van der Waals surface area contributed by atoms with Crippen LogP contribution in [0.2, 0.25) is 0 Å². The molecule has 0 N–H and O–H groups in total.